The molecule has 49 heavy (non-hydrogen) atoms. The Morgan fingerprint density at radius 3 is 2.55 bits per heavy atom. The number of rotatable bonds is 13. The number of amides is 3. The third-order valence-electron chi connectivity index (χ3n) is 9.36. The highest BCUT2D eigenvalue weighted by Crippen LogP contribution is 2.26. The first kappa shape index (κ1) is 34.2. The number of H-pyrrole nitrogens is 1. The molecule has 3 aromatic rings. The number of hydrogen-bond acceptors (Lipinski definition) is 9. The lowest BCUT2D eigenvalue weighted by Crippen LogP contribution is -2.48. The Morgan fingerprint density at radius 1 is 0.959 bits per heavy atom. The average molecular weight is 672 g/mol. The Hall–Kier alpha value is -4.69. The molecule has 3 amide bonds. The van der Waals surface area contributed by atoms with E-state index >= 15 is 0 Å². The van der Waals surface area contributed by atoms with E-state index in [1.54, 1.807) is 0 Å². The van der Waals surface area contributed by atoms with Crippen LogP contribution in [0.5, 0.6) is 0 Å². The number of nitrogens with one attached hydrogen (secondary N) is 4. The summed E-state index contributed by atoms with van der Waals surface area (Å²) in [6.45, 7) is 2.77. The summed E-state index contributed by atoms with van der Waals surface area (Å²) in [5.74, 6) is -1.02. The number of ether oxygens (including phenoxy) is 2. The predicted octanol–water partition coefficient (Wildman–Crippen LogP) is 3.87. The number of benzene rings is 1. The zero-order valence-corrected chi connectivity index (χ0v) is 27.8. The van der Waals surface area contributed by atoms with E-state index in [2.05, 4.69) is 41.7 Å². The van der Waals surface area contributed by atoms with Crippen molar-refractivity contribution in [1.29, 1.82) is 0 Å². The van der Waals surface area contributed by atoms with Crippen molar-refractivity contribution in [3.63, 3.8) is 0 Å². The van der Waals surface area contributed by atoms with Crippen molar-refractivity contribution in [2.24, 2.45) is 5.92 Å². The maximum atomic E-state index is 13.9. The largest absolute Gasteiger partial charge is 0.371 e. The number of carbonyl (C=O) groups is 3. The number of carbonyl (C=O) groups excluding carboxylic acids is 3. The van der Waals surface area contributed by atoms with E-state index in [0.717, 1.165) is 49.7 Å². The van der Waals surface area contributed by atoms with Gasteiger partial charge in [-0.2, -0.15) is 10.3 Å². The Morgan fingerprint density at radius 2 is 1.76 bits per heavy atom. The smallest absolute Gasteiger partial charge is 0.278 e. The maximum absolute atomic E-state index is 13.9. The van der Waals surface area contributed by atoms with Gasteiger partial charge in [0.05, 0.1) is 37.5 Å². The van der Waals surface area contributed by atoms with Crippen LogP contribution in [0.2, 0.25) is 0 Å². The van der Waals surface area contributed by atoms with Crippen molar-refractivity contribution < 1.29 is 23.9 Å². The number of allylic oxidation sites excluding steroid dienone is 2. The standard InChI is InChI=1S/C35H45N9O5/c1-23-16-17-31(49-22-25-12-6-3-7-13-25)27(18-23)37-34(47)29-19-28(33(46)38-35-39-42-43-40-35)41-44(29)20-32(45)36-26-14-8-9-15-30(26)48-21-24-10-4-2-5-11-24/h2,4-5,10-11,16-19,25-27,30-31H,3,6-9,12-15,20-22H2,1H3,(H,36,45)(H,37,47)(H2,38,39,40,42,43,46)/t26-,27?,30?,31?/m0/s1. The lowest BCUT2D eigenvalue weighted by Gasteiger charge is -2.32. The van der Waals surface area contributed by atoms with Gasteiger partial charge in [0.2, 0.25) is 5.91 Å². The van der Waals surface area contributed by atoms with E-state index in [0.29, 0.717) is 19.1 Å². The van der Waals surface area contributed by atoms with Crippen LogP contribution in [0.3, 0.4) is 0 Å². The summed E-state index contributed by atoms with van der Waals surface area (Å²) in [4.78, 5) is 40.4. The van der Waals surface area contributed by atoms with Crippen molar-refractivity contribution in [2.75, 3.05) is 11.9 Å². The summed E-state index contributed by atoms with van der Waals surface area (Å²) in [5, 5.41) is 26.2. The molecule has 0 spiro atoms. The summed E-state index contributed by atoms with van der Waals surface area (Å²) in [6, 6.07) is 10.7. The number of hydrogen-bond donors (Lipinski definition) is 4. The van der Waals surface area contributed by atoms with Gasteiger partial charge in [0.1, 0.15) is 12.2 Å². The van der Waals surface area contributed by atoms with Crippen LogP contribution in [-0.2, 0) is 27.4 Å². The average Bonchev–Trinajstić information content (AvgIpc) is 3.79. The Kier molecular flexibility index (Phi) is 11.6. The molecule has 3 unspecified atom stereocenters. The molecule has 4 atom stereocenters. The molecule has 2 fully saturated rings. The van der Waals surface area contributed by atoms with Gasteiger partial charge < -0.3 is 20.1 Å². The quantitative estimate of drug-likeness (QED) is 0.210. The molecule has 2 saturated carbocycles. The van der Waals surface area contributed by atoms with Crippen LogP contribution in [-0.4, -0.2) is 79.0 Å². The first-order valence-corrected chi connectivity index (χ1v) is 17.3. The third-order valence-corrected chi connectivity index (χ3v) is 9.36. The molecular weight excluding hydrogens is 626 g/mol. The van der Waals surface area contributed by atoms with E-state index in [-0.39, 0.29) is 48.0 Å². The van der Waals surface area contributed by atoms with Gasteiger partial charge in [0, 0.05) is 6.07 Å². The van der Waals surface area contributed by atoms with Gasteiger partial charge in [0.25, 0.3) is 17.8 Å². The summed E-state index contributed by atoms with van der Waals surface area (Å²) in [6.07, 6.45) is 15.0. The SMILES string of the molecule is CC1=CC(NC(=O)c2cc(C(=O)Nc3nn[nH]n3)nn2CC(=O)N[C@H]2CCCCC2OCc2ccccc2)C(OCC2CCCCC2)C=C1. The highest BCUT2D eigenvalue weighted by atomic mass is 16.5. The fourth-order valence-electron chi connectivity index (χ4n) is 6.75. The highest BCUT2D eigenvalue weighted by Gasteiger charge is 2.30. The molecule has 0 bridgehead atoms. The van der Waals surface area contributed by atoms with Crippen LogP contribution in [0.15, 0.2) is 60.2 Å². The lowest BCUT2D eigenvalue weighted by atomic mass is 9.90. The molecule has 3 aliphatic carbocycles. The monoisotopic (exact) mass is 671 g/mol. The van der Waals surface area contributed by atoms with Crippen LogP contribution >= 0.6 is 0 Å². The highest BCUT2D eigenvalue weighted by molar-refractivity contribution is 6.04. The second kappa shape index (κ2) is 16.6. The van der Waals surface area contributed by atoms with E-state index < -0.39 is 17.9 Å². The molecule has 2 heterocycles. The lowest BCUT2D eigenvalue weighted by molar-refractivity contribution is -0.124. The third kappa shape index (κ3) is 9.48. The number of tetrazole rings is 1. The normalized spacial score (nSPS) is 22.7. The second-order valence-electron chi connectivity index (χ2n) is 13.1. The van der Waals surface area contributed by atoms with Gasteiger partial charge >= 0.3 is 0 Å². The topological polar surface area (TPSA) is 178 Å². The van der Waals surface area contributed by atoms with Crippen LogP contribution in [0, 0.1) is 5.92 Å². The minimum Gasteiger partial charge on any atom is -0.371 e. The number of aromatic nitrogens is 6. The molecular formula is C35H45N9O5. The molecule has 260 valence electrons. The number of anilines is 1. The molecule has 4 N–H and O–H groups in total. The molecule has 6 rings (SSSR count). The number of nitrogens with zero attached hydrogens (tertiary/aromatic N) is 5. The van der Waals surface area contributed by atoms with Crippen molar-refractivity contribution in [1.82, 2.24) is 41.0 Å². The first-order valence-electron chi connectivity index (χ1n) is 17.3. The Labute approximate surface area is 285 Å². The zero-order chi connectivity index (χ0) is 34.0. The van der Waals surface area contributed by atoms with Crippen molar-refractivity contribution in [2.45, 2.75) is 102 Å². The second-order valence-corrected chi connectivity index (χ2v) is 13.1. The van der Waals surface area contributed by atoms with E-state index in [1.807, 2.05) is 55.5 Å². The van der Waals surface area contributed by atoms with Gasteiger partial charge in [-0.1, -0.05) is 91.3 Å². The van der Waals surface area contributed by atoms with Gasteiger partial charge in [-0.25, -0.2) is 4.68 Å². The molecule has 0 aliphatic heterocycles. The molecule has 0 radical (unpaired) electrons. The van der Waals surface area contributed by atoms with Crippen LogP contribution in [0.1, 0.15) is 91.3 Å². The number of aromatic amines is 1. The van der Waals surface area contributed by atoms with Crippen LogP contribution < -0.4 is 16.0 Å². The van der Waals surface area contributed by atoms with Crippen molar-refractivity contribution in [3.8, 4) is 0 Å². The van der Waals surface area contributed by atoms with E-state index in [1.165, 1.54) is 30.0 Å². The minimum absolute atomic E-state index is 0.0466. The molecule has 14 nitrogen and oxygen atoms in total. The van der Waals surface area contributed by atoms with Gasteiger partial charge in [-0.15, -0.1) is 5.10 Å². The molecule has 14 heteroatoms. The van der Waals surface area contributed by atoms with E-state index in [4.69, 9.17) is 9.47 Å². The van der Waals surface area contributed by atoms with Crippen LogP contribution in [0.25, 0.3) is 0 Å². The fourth-order valence-corrected chi connectivity index (χ4v) is 6.75. The minimum atomic E-state index is -0.652. The predicted molar refractivity (Wildman–Crippen MR) is 180 cm³/mol. The molecule has 2 aromatic heterocycles. The van der Waals surface area contributed by atoms with Crippen LogP contribution in [0.4, 0.5) is 5.95 Å². The summed E-state index contributed by atoms with van der Waals surface area (Å²) in [5.41, 5.74) is 2.04. The summed E-state index contributed by atoms with van der Waals surface area (Å²) in [7, 11) is 0. The van der Waals surface area contributed by atoms with Gasteiger partial charge in [-0.3, -0.25) is 19.7 Å². The fraction of sp³-hybridized carbons (Fsp3) is 0.514. The summed E-state index contributed by atoms with van der Waals surface area (Å²) < 4.78 is 13.8. The maximum Gasteiger partial charge on any atom is 0.278 e. The molecule has 3 aliphatic rings. The van der Waals surface area contributed by atoms with Gasteiger partial charge in [0.15, 0.2) is 5.69 Å². The Bertz CT molecular complexity index is 1610. The molecule has 1 aromatic carbocycles. The Balaban J connectivity index is 1.15. The first-order chi connectivity index (χ1) is 23.9. The van der Waals surface area contributed by atoms with Crippen molar-refractivity contribution in [3.05, 3.63) is 77.2 Å². The molecule has 0 saturated heterocycles. The van der Waals surface area contributed by atoms with Crippen molar-refractivity contribution >= 4 is 23.7 Å². The van der Waals surface area contributed by atoms with E-state index in [9.17, 15) is 14.4 Å². The zero-order valence-electron chi connectivity index (χ0n) is 27.8. The van der Waals surface area contributed by atoms with Gasteiger partial charge in [-0.05, 0) is 49.3 Å². The summed E-state index contributed by atoms with van der Waals surface area (Å²) >= 11 is 0.